The van der Waals surface area contributed by atoms with Gasteiger partial charge in [-0.15, -0.1) is 0 Å². The van der Waals surface area contributed by atoms with Crippen molar-refractivity contribution in [2.24, 2.45) is 23.7 Å². The average Bonchev–Trinajstić information content (AvgIpc) is 2.80. The number of aromatic nitrogens is 1. The SMILES string of the molecule is CC1=C[C@@H](CNC(=O)c2ccccn2)[C@H](C(C)C)C[C@H]1CC(=O)NCCN1CCOCC1. The largest absolute Gasteiger partial charge is 0.379 e. The van der Waals surface area contributed by atoms with Crippen molar-refractivity contribution in [3.63, 3.8) is 0 Å². The fourth-order valence-electron chi connectivity index (χ4n) is 4.78. The summed E-state index contributed by atoms with van der Waals surface area (Å²) in [6.45, 7) is 12.2. The number of hydrogen-bond acceptors (Lipinski definition) is 5. The van der Waals surface area contributed by atoms with E-state index in [2.05, 4.69) is 47.4 Å². The molecule has 1 saturated heterocycles. The molecule has 1 aromatic heterocycles. The van der Waals surface area contributed by atoms with Crippen LogP contribution in [0.2, 0.25) is 0 Å². The van der Waals surface area contributed by atoms with Gasteiger partial charge in [-0.05, 0) is 49.1 Å². The number of morpholine rings is 1. The van der Waals surface area contributed by atoms with Crippen LogP contribution in [0.5, 0.6) is 0 Å². The lowest BCUT2D eigenvalue weighted by molar-refractivity contribution is -0.122. The van der Waals surface area contributed by atoms with Gasteiger partial charge >= 0.3 is 0 Å². The van der Waals surface area contributed by atoms with Crippen LogP contribution in [0, 0.1) is 23.7 Å². The summed E-state index contributed by atoms with van der Waals surface area (Å²) in [7, 11) is 0. The number of nitrogens with one attached hydrogen (secondary N) is 2. The smallest absolute Gasteiger partial charge is 0.269 e. The van der Waals surface area contributed by atoms with Crippen molar-refractivity contribution in [3.05, 3.63) is 41.7 Å². The quantitative estimate of drug-likeness (QED) is 0.574. The van der Waals surface area contributed by atoms with E-state index in [1.165, 1.54) is 5.57 Å². The Morgan fingerprint density at radius 1 is 1.22 bits per heavy atom. The highest BCUT2D eigenvalue weighted by molar-refractivity contribution is 5.92. The van der Waals surface area contributed by atoms with Crippen molar-refractivity contribution in [2.75, 3.05) is 45.9 Å². The number of allylic oxidation sites excluding steroid dienone is 1. The normalized spacial score (nSPS) is 24.1. The molecule has 2 N–H and O–H groups in total. The van der Waals surface area contributed by atoms with Gasteiger partial charge in [0, 0.05) is 45.3 Å². The van der Waals surface area contributed by atoms with Crippen LogP contribution in [-0.4, -0.2) is 67.6 Å². The Kier molecular flexibility index (Phi) is 9.23. The molecule has 1 fully saturated rings. The number of rotatable bonds is 9. The summed E-state index contributed by atoms with van der Waals surface area (Å²) in [5, 5.41) is 6.15. The van der Waals surface area contributed by atoms with E-state index in [-0.39, 0.29) is 23.7 Å². The summed E-state index contributed by atoms with van der Waals surface area (Å²) in [6.07, 6.45) is 5.41. The topological polar surface area (TPSA) is 83.6 Å². The number of ether oxygens (including phenoxy) is 1. The van der Waals surface area contributed by atoms with Gasteiger partial charge in [0.15, 0.2) is 0 Å². The third-order valence-electron chi connectivity index (χ3n) is 6.77. The van der Waals surface area contributed by atoms with E-state index in [0.29, 0.717) is 37.0 Å². The van der Waals surface area contributed by atoms with Crippen LogP contribution in [0.15, 0.2) is 36.0 Å². The molecule has 1 aliphatic heterocycles. The van der Waals surface area contributed by atoms with Crippen molar-refractivity contribution in [1.29, 1.82) is 0 Å². The highest BCUT2D eigenvalue weighted by atomic mass is 16.5. The average molecular weight is 443 g/mol. The Bertz CT molecular complexity index is 775. The van der Waals surface area contributed by atoms with Gasteiger partial charge in [-0.1, -0.05) is 31.6 Å². The van der Waals surface area contributed by atoms with Crippen LogP contribution in [-0.2, 0) is 9.53 Å². The standard InChI is InChI=1S/C25H38N4O3/c1-18(2)22-15-20(16-24(30)27-8-9-29-10-12-32-13-11-29)19(3)14-21(22)17-28-25(31)23-6-4-5-7-26-23/h4-7,14,18,20-22H,8-13,15-17H2,1-3H3,(H,27,30)(H,28,31)/t20-,21-,22-/m0/s1. The third-order valence-corrected chi connectivity index (χ3v) is 6.77. The minimum absolute atomic E-state index is 0.125. The van der Waals surface area contributed by atoms with Gasteiger partial charge in [0.2, 0.25) is 5.91 Å². The second-order valence-corrected chi connectivity index (χ2v) is 9.35. The Balaban J connectivity index is 1.50. The lowest BCUT2D eigenvalue weighted by Gasteiger charge is -2.37. The van der Waals surface area contributed by atoms with E-state index in [9.17, 15) is 9.59 Å². The molecular formula is C25H38N4O3. The molecule has 0 saturated carbocycles. The first kappa shape index (κ1) is 24.4. The van der Waals surface area contributed by atoms with Crippen LogP contribution in [0.4, 0.5) is 0 Å². The number of carbonyl (C=O) groups excluding carboxylic acids is 2. The van der Waals surface area contributed by atoms with Crippen molar-refractivity contribution in [3.8, 4) is 0 Å². The van der Waals surface area contributed by atoms with Gasteiger partial charge in [-0.3, -0.25) is 19.5 Å². The van der Waals surface area contributed by atoms with Crippen molar-refractivity contribution in [1.82, 2.24) is 20.5 Å². The van der Waals surface area contributed by atoms with E-state index < -0.39 is 0 Å². The first-order valence-corrected chi connectivity index (χ1v) is 11.9. The molecule has 0 unspecified atom stereocenters. The Morgan fingerprint density at radius 3 is 2.69 bits per heavy atom. The predicted octanol–water partition coefficient (Wildman–Crippen LogP) is 2.50. The highest BCUT2D eigenvalue weighted by Gasteiger charge is 2.32. The summed E-state index contributed by atoms with van der Waals surface area (Å²) in [4.78, 5) is 31.5. The first-order valence-electron chi connectivity index (χ1n) is 11.9. The molecule has 176 valence electrons. The van der Waals surface area contributed by atoms with Crippen LogP contribution in [0.1, 0.15) is 44.1 Å². The molecule has 2 heterocycles. The maximum Gasteiger partial charge on any atom is 0.269 e. The first-order chi connectivity index (χ1) is 15.4. The molecule has 32 heavy (non-hydrogen) atoms. The van der Waals surface area contributed by atoms with Crippen molar-refractivity contribution >= 4 is 11.8 Å². The van der Waals surface area contributed by atoms with E-state index in [4.69, 9.17) is 4.74 Å². The highest BCUT2D eigenvalue weighted by Crippen LogP contribution is 2.38. The van der Waals surface area contributed by atoms with Gasteiger partial charge < -0.3 is 15.4 Å². The Morgan fingerprint density at radius 2 is 2.00 bits per heavy atom. The number of pyridine rings is 1. The number of carbonyl (C=O) groups is 2. The summed E-state index contributed by atoms with van der Waals surface area (Å²) in [5.74, 6) is 1.41. The molecule has 2 aliphatic rings. The summed E-state index contributed by atoms with van der Waals surface area (Å²) in [6, 6.07) is 5.35. The fourth-order valence-corrected chi connectivity index (χ4v) is 4.78. The zero-order valence-corrected chi connectivity index (χ0v) is 19.7. The second-order valence-electron chi connectivity index (χ2n) is 9.35. The zero-order valence-electron chi connectivity index (χ0n) is 19.7. The molecule has 7 heteroatoms. The molecule has 3 rings (SSSR count). The second kappa shape index (κ2) is 12.1. The maximum absolute atomic E-state index is 12.6. The van der Waals surface area contributed by atoms with E-state index in [0.717, 1.165) is 39.3 Å². The lowest BCUT2D eigenvalue weighted by Crippen LogP contribution is -2.42. The van der Waals surface area contributed by atoms with Crippen LogP contribution < -0.4 is 10.6 Å². The van der Waals surface area contributed by atoms with Crippen LogP contribution >= 0.6 is 0 Å². The molecule has 7 nitrogen and oxygen atoms in total. The van der Waals surface area contributed by atoms with Gasteiger partial charge in [-0.25, -0.2) is 0 Å². The minimum Gasteiger partial charge on any atom is -0.379 e. The van der Waals surface area contributed by atoms with E-state index in [1.54, 1.807) is 18.3 Å². The number of amides is 2. The molecule has 2 amide bonds. The molecular weight excluding hydrogens is 404 g/mol. The van der Waals surface area contributed by atoms with E-state index in [1.807, 2.05) is 6.07 Å². The molecule has 1 aromatic rings. The van der Waals surface area contributed by atoms with Crippen LogP contribution in [0.3, 0.4) is 0 Å². The van der Waals surface area contributed by atoms with Crippen molar-refractivity contribution in [2.45, 2.75) is 33.6 Å². The molecule has 1 aliphatic carbocycles. The molecule has 0 bridgehead atoms. The van der Waals surface area contributed by atoms with Gasteiger partial charge in [0.05, 0.1) is 13.2 Å². The minimum atomic E-state index is -0.138. The Labute approximate surface area is 192 Å². The predicted molar refractivity (Wildman–Crippen MR) is 125 cm³/mol. The van der Waals surface area contributed by atoms with E-state index >= 15 is 0 Å². The van der Waals surface area contributed by atoms with Crippen molar-refractivity contribution < 1.29 is 14.3 Å². The Hall–Kier alpha value is -2.25. The fraction of sp³-hybridized carbons (Fsp3) is 0.640. The zero-order chi connectivity index (χ0) is 22.9. The summed E-state index contributed by atoms with van der Waals surface area (Å²) < 4.78 is 5.37. The third kappa shape index (κ3) is 7.14. The molecule has 0 spiro atoms. The van der Waals surface area contributed by atoms with Crippen LogP contribution in [0.25, 0.3) is 0 Å². The number of hydrogen-bond donors (Lipinski definition) is 2. The summed E-state index contributed by atoms with van der Waals surface area (Å²) >= 11 is 0. The molecule has 0 aromatic carbocycles. The molecule has 0 radical (unpaired) electrons. The monoisotopic (exact) mass is 442 g/mol. The number of nitrogens with zero attached hydrogens (tertiary/aromatic N) is 2. The van der Waals surface area contributed by atoms with Gasteiger partial charge in [-0.2, -0.15) is 0 Å². The maximum atomic E-state index is 12.6. The van der Waals surface area contributed by atoms with Gasteiger partial charge in [0.25, 0.3) is 5.91 Å². The van der Waals surface area contributed by atoms with Gasteiger partial charge in [0.1, 0.15) is 5.69 Å². The molecule has 3 atom stereocenters. The lowest BCUT2D eigenvalue weighted by atomic mass is 9.69. The summed E-state index contributed by atoms with van der Waals surface area (Å²) in [5.41, 5.74) is 1.69.